The first-order valence-corrected chi connectivity index (χ1v) is 10.8. The summed E-state index contributed by atoms with van der Waals surface area (Å²) in [6.45, 7) is 4.87. The SMILES string of the molecule is CCn1c(SCC(=O)NCc2ccccc2)nnc1C(C)Oc1ccc(F)cc1Cl. The van der Waals surface area contributed by atoms with Crippen LogP contribution in [0.15, 0.2) is 53.7 Å². The van der Waals surface area contributed by atoms with Crippen molar-refractivity contribution in [2.75, 3.05) is 5.75 Å². The molecule has 0 radical (unpaired) electrons. The highest BCUT2D eigenvalue weighted by Crippen LogP contribution is 2.30. The monoisotopic (exact) mass is 448 g/mol. The van der Waals surface area contributed by atoms with Crippen LogP contribution in [0.25, 0.3) is 0 Å². The molecule has 0 aliphatic heterocycles. The maximum absolute atomic E-state index is 13.2. The van der Waals surface area contributed by atoms with E-state index in [4.69, 9.17) is 16.3 Å². The van der Waals surface area contributed by atoms with Gasteiger partial charge in [0.25, 0.3) is 0 Å². The summed E-state index contributed by atoms with van der Waals surface area (Å²) in [5, 5.41) is 12.1. The molecule has 0 spiro atoms. The third-order valence-electron chi connectivity index (χ3n) is 4.29. The van der Waals surface area contributed by atoms with Crippen LogP contribution in [0.5, 0.6) is 5.75 Å². The minimum Gasteiger partial charge on any atom is -0.481 e. The van der Waals surface area contributed by atoms with Gasteiger partial charge in [-0.25, -0.2) is 4.39 Å². The van der Waals surface area contributed by atoms with Crippen molar-refractivity contribution in [2.45, 2.75) is 38.2 Å². The Bertz CT molecular complexity index is 1000. The van der Waals surface area contributed by atoms with Crippen molar-refractivity contribution in [2.24, 2.45) is 0 Å². The van der Waals surface area contributed by atoms with Gasteiger partial charge in [0.1, 0.15) is 11.6 Å². The van der Waals surface area contributed by atoms with Crippen LogP contribution in [-0.2, 0) is 17.9 Å². The van der Waals surface area contributed by atoms with E-state index in [1.54, 1.807) is 0 Å². The summed E-state index contributed by atoms with van der Waals surface area (Å²) in [6.07, 6.45) is -0.457. The lowest BCUT2D eigenvalue weighted by Gasteiger charge is -2.16. The van der Waals surface area contributed by atoms with Crippen LogP contribution in [-0.4, -0.2) is 26.4 Å². The van der Waals surface area contributed by atoms with E-state index in [2.05, 4.69) is 15.5 Å². The lowest BCUT2D eigenvalue weighted by molar-refractivity contribution is -0.118. The van der Waals surface area contributed by atoms with Crippen LogP contribution in [0.1, 0.15) is 31.3 Å². The zero-order chi connectivity index (χ0) is 21.5. The number of ether oxygens (including phenoxy) is 1. The number of thioether (sulfide) groups is 1. The minimum absolute atomic E-state index is 0.0848. The first kappa shape index (κ1) is 22.1. The van der Waals surface area contributed by atoms with Crippen molar-refractivity contribution < 1.29 is 13.9 Å². The molecule has 1 unspecified atom stereocenters. The standard InChI is InChI=1S/C21H22ClFN4O2S/c1-3-27-20(14(2)29-18-10-9-16(23)11-17(18)22)25-26-21(27)30-13-19(28)24-12-15-7-5-4-6-8-15/h4-11,14H,3,12-13H2,1-2H3,(H,24,28). The Morgan fingerprint density at radius 3 is 2.73 bits per heavy atom. The number of nitrogens with one attached hydrogen (secondary N) is 1. The van der Waals surface area contributed by atoms with Gasteiger partial charge in [-0.15, -0.1) is 10.2 Å². The van der Waals surface area contributed by atoms with Crippen molar-refractivity contribution in [3.8, 4) is 5.75 Å². The normalized spacial score (nSPS) is 11.9. The van der Waals surface area contributed by atoms with E-state index in [1.807, 2.05) is 48.7 Å². The Hall–Kier alpha value is -2.58. The Balaban J connectivity index is 1.59. The highest BCUT2D eigenvalue weighted by atomic mass is 35.5. The second-order valence-corrected chi connectivity index (χ2v) is 7.82. The molecule has 0 aliphatic carbocycles. The van der Waals surface area contributed by atoms with Crippen molar-refractivity contribution in [3.63, 3.8) is 0 Å². The summed E-state index contributed by atoms with van der Waals surface area (Å²) < 4.78 is 21.0. The van der Waals surface area contributed by atoms with Gasteiger partial charge in [-0.2, -0.15) is 0 Å². The number of nitrogens with zero attached hydrogens (tertiary/aromatic N) is 3. The van der Waals surface area contributed by atoms with Gasteiger partial charge < -0.3 is 14.6 Å². The molecule has 9 heteroatoms. The summed E-state index contributed by atoms with van der Waals surface area (Å²) >= 11 is 7.35. The molecule has 1 atom stereocenters. The molecule has 0 aliphatic rings. The van der Waals surface area contributed by atoms with Crippen LogP contribution in [0.3, 0.4) is 0 Å². The molecule has 2 aromatic carbocycles. The molecule has 3 rings (SSSR count). The zero-order valence-corrected chi connectivity index (χ0v) is 18.2. The Morgan fingerprint density at radius 2 is 2.03 bits per heavy atom. The fourth-order valence-electron chi connectivity index (χ4n) is 2.80. The van der Waals surface area contributed by atoms with E-state index in [0.29, 0.717) is 29.8 Å². The Kier molecular flexibility index (Phi) is 7.70. The molecule has 1 aromatic heterocycles. The number of amides is 1. The molecule has 0 saturated carbocycles. The number of aromatic nitrogens is 3. The van der Waals surface area contributed by atoms with Gasteiger partial charge in [0.2, 0.25) is 5.91 Å². The van der Waals surface area contributed by atoms with Gasteiger partial charge in [-0.05, 0) is 37.6 Å². The third kappa shape index (κ3) is 5.73. The smallest absolute Gasteiger partial charge is 0.230 e. The maximum atomic E-state index is 13.2. The molecule has 1 amide bonds. The Labute approximate surface area is 183 Å². The van der Waals surface area contributed by atoms with Gasteiger partial charge in [0, 0.05) is 13.1 Å². The highest BCUT2D eigenvalue weighted by molar-refractivity contribution is 7.99. The van der Waals surface area contributed by atoms with E-state index < -0.39 is 11.9 Å². The molecule has 3 aromatic rings. The van der Waals surface area contributed by atoms with Crippen LogP contribution >= 0.6 is 23.4 Å². The summed E-state index contributed by atoms with van der Waals surface area (Å²) in [6, 6.07) is 13.7. The summed E-state index contributed by atoms with van der Waals surface area (Å²) in [4.78, 5) is 12.2. The largest absolute Gasteiger partial charge is 0.481 e. The summed E-state index contributed by atoms with van der Waals surface area (Å²) in [5.74, 6) is 0.680. The van der Waals surface area contributed by atoms with Gasteiger partial charge in [-0.1, -0.05) is 53.7 Å². The van der Waals surface area contributed by atoms with Gasteiger partial charge >= 0.3 is 0 Å². The number of carbonyl (C=O) groups excluding carboxylic acids is 1. The maximum Gasteiger partial charge on any atom is 0.230 e. The van der Waals surface area contributed by atoms with E-state index in [0.717, 1.165) is 5.56 Å². The minimum atomic E-state index is -0.457. The van der Waals surface area contributed by atoms with Gasteiger partial charge in [0.15, 0.2) is 17.1 Å². The van der Waals surface area contributed by atoms with Crippen molar-refractivity contribution in [3.05, 3.63) is 70.8 Å². The van der Waals surface area contributed by atoms with Crippen molar-refractivity contribution in [1.82, 2.24) is 20.1 Å². The number of carbonyl (C=O) groups is 1. The fourth-order valence-corrected chi connectivity index (χ4v) is 3.85. The topological polar surface area (TPSA) is 69.0 Å². The first-order chi connectivity index (χ1) is 14.5. The van der Waals surface area contributed by atoms with Crippen LogP contribution in [0.2, 0.25) is 5.02 Å². The summed E-state index contributed by atoms with van der Waals surface area (Å²) in [7, 11) is 0. The Morgan fingerprint density at radius 1 is 1.27 bits per heavy atom. The molecule has 0 saturated heterocycles. The molecule has 0 fully saturated rings. The van der Waals surface area contributed by atoms with E-state index >= 15 is 0 Å². The zero-order valence-electron chi connectivity index (χ0n) is 16.6. The average molecular weight is 449 g/mol. The molecule has 6 nitrogen and oxygen atoms in total. The van der Waals surface area contributed by atoms with Crippen LogP contribution < -0.4 is 10.1 Å². The first-order valence-electron chi connectivity index (χ1n) is 9.46. The van der Waals surface area contributed by atoms with E-state index in [-0.39, 0.29) is 16.7 Å². The van der Waals surface area contributed by atoms with Crippen LogP contribution in [0.4, 0.5) is 4.39 Å². The molecule has 158 valence electrons. The van der Waals surface area contributed by atoms with Crippen molar-refractivity contribution >= 4 is 29.3 Å². The fraction of sp³-hybridized carbons (Fsp3) is 0.286. The lowest BCUT2D eigenvalue weighted by atomic mass is 10.2. The molecular weight excluding hydrogens is 427 g/mol. The number of hydrogen-bond acceptors (Lipinski definition) is 5. The van der Waals surface area contributed by atoms with E-state index in [9.17, 15) is 9.18 Å². The average Bonchev–Trinajstić information content (AvgIpc) is 3.16. The van der Waals surface area contributed by atoms with Crippen LogP contribution in [0, 0.1) is 5.82 Å². The second-order valence-electron chi connectivity index (χ2n) is 6.47. The van der Waals surface area contributed by atoms with Gasteiger partial charge in [0.05, 0.1) is 10.8 Å². The van der Waals surface area contributed by atoms with E-state index in [1.165, 1.54) is 30.0 Å². The molecular formula is C21H22ClFN4O2S. The number of halogens is 2. The second kappa shape index (κ2) is 10.4. The lowest BCUT2D eigenvalue weighted by Crippen LogP contribution is -2.24. The summed E-state index contributed by atoms with van der Waals surface area (Å²) in [5.41, 5.74) is 1.04. The number of rotatable bonds is 9. The molecule has 1 N–H and O–H groups in total. The third-order valence-corrected chi connectivity index (χ3v) is 5.55. The van der Waals surface area contributed by atoms with Gasteiger partial charge in [-0.3, -0.25) is 4.79 Å². The molecule has 30 heavy (non-hydrogen) atoms. The molecule has 0 bridgehead atoms. The van der Waals surface area contributed by atoms with Crippen molar-refractivity contribution in [1.29, 1.82) is 0 Å². The number of benzene rings is 2. The quantitative estimate of drug-likeness (QED) is 0.483. The molecule has 1 heterocycles. The highest BCUT2D eigenvalue weighted by Gasteiger charge is 2.20. The number of hydrogen-bond donors (Lipinski definition) is 1. The predicted molar refractivity (Wildman–Crippen MR) is 115 cm³/mol. The predicted octanol–water partition coefficient (Wildman–Crippen LogP) is 4.64.